The molecule has 0 saturated heterocycles. The summed E-state index contributed by atoms with van der Waals surface area (Å²) in [5.41, 5.74) is 6.63. The summed E-state index contributed by atoms with van der Waals surface area (Å²) in [7, 11) is 1.59. The number of amides is 2. The molecule has 2 N–H and O–H groups in total. The Kier molecular flexibility index (Phi) is 7.24. The number of nitrogens with one attached hydrogen (secondary N) is 2. The number of carbonyl (C=O) groups excluding carboxylic acids is 2. The summed E-state index contributed by atoms with van der Waals surface area (Å²) in [5, 5.41) is 0. The molecule has 2 rings (SSSR count). The van der Waals surface area contributed by atoms with Gasteiger partial charge in [-0.25, -0.2) is 0 Å². The molecule has 0 aliphatic rings. The molecule has 0 bridgehead atoms. The zero-order valence-corrected chi connectivity index (χ0v) is 14.8. The molecule has 2 aromatic rings. The number of carbonyl (C=O) groups is 2. The minimum absolute atomic E-state index is 0.187. The Hall–Kier alpha value is -3.28. The predicted molar refractivity (Wildman–Crippen MR) is 99.6 cm³/mol. The van der Waals surface area contributed by atoms with Crippen molar-refractivity contribution in [3.8, 4) is 11.5 Å². The zero-order valence-electron chi connectivity index (χ0n) is 14.8. The van der Waals surface area contributed by atoms with Gasteiger partial charge in [0.15, 0.2) is 6.61 Å². The van der Waals surface area contributed by atoms with Crippen LogP contribution >= 0.6 is 0 Å². The third kappa shape index (κ3) is 6.32. The highest BCUT2D eigenvalue weighted by Crippen LogP contribution is 2.13. The molecule has 2 aromatic carbocycles. The number of hydrogen-bond donors (Lipinski definition) is 2. The smallest absolute Gasteiger partial charge is 0.276 e. The minimum atomic E-state index is -0.448. The van der Waals surface area contributed by atoms with E-state index in [1.165, 1.54) is 11.6 Å². The van der Waals surface area contributed by atoms with Crippen LogP contribution in [-0.4, -0.2) is 25.5 Å². The van der Waals surface area contributed by atoms with E-state index < -0.39 is 11.8 Å². The average molecular weight is 354 g/mol. The summed E-state index contributed by atoms with van der Waals surface area (Å²) in [6.07, 6.45) is 3.90. The van der Waals surface area contributed by atoms with Crippen molar-refractivity contribution in [3.63, 3.8) is 0 Å². The summed E-state index contributed by atoms with van der Waals surface area (Å²) in [5.74, 6) is 0.448. The lowest BCUT2D eigenvalue weighted by atomic mass is 10.2. The Morgan fingerprint density at radius 1 is 0.962 bits per heavy atom. The van der Waals surface area contributed by atoms with E-state index in [4.69, 9.17) is 9.47 Å². The quantitative estimate of drug-likeness (QED) is 0.592. The molecule has 0 aromatic heterocycles. The van der Waals surface area contributed by atoms with Crippen LogP contribution in [0.2, 0.25) is 0 Å². The molecule has 0 saturated carbocycles. The van der Waals surface area contributed by atoms with E-state index in [9.17, 15) is 9.59 Å². The SMILES string of the molecule is CCc1ccc(OCC(=O)NNC(=O)/C=C/c2ccc(OC)cc2)cc1. The maximum absolute atomic E-state index is 11.7. The molecule has 6 heteroatoms. The average Bonchev–Trinajstić information content (AvgIpc) is 2.69. The van der Waals surface area contributed by atoms with E-state index in [0.717, 1.165) is 17.7 Å². The molecule has 0 spiro atoms. The van der Waals surface area contributed by atoms with Crippen LogP contribution in [0.15, 0.2) is 54.6 Å². The lowest BCUT2D eigenvalue weighted by molar-refractivity contribution is -0.128. The van der Waals surface area contributed by atoms with Crippen molar-refractivity contribution in [2.45, 2.75) is 13.3 Å². The van der Waals surface area contributed by atoms with Gasteiger partial charge in [-0.3, -0.25) is 20.4 Å². The van der Waals surface area contributed by atoms with Crippen molar-refractivity contribution < 1.29 is 19.1 Å². The van der Waals surface area contributed by atoms with Gasteiger partial charge in [0.25, 0.3) is 11.8 Å². The van der Waals surface area contributed by atoms with Crippen molar-refractivity contribution in [1.82, 2.24) is 10.9 Å². The molecule has 6 nitrogen and oxygen atoms in total. The molecule has 0 heterocycles. The highest BCUT2D eigenvalue weighted by atomic mass is 16.5. The fourth-order valence-electron chi connectivity index (χ4n) is 2.07. The molecule has 0 unspecified atom stereocenters. The lowest BCUT2D eigenvalue weighted by Crippen LogP contribution is -2.43. The van der Waals surface area contributed by atoms with Crippen LogP contribution in [0, 0.1) is 0 Å². The molecule has 0 aliphatic carbocycles. The van der Waals surface area contributed by atoms with Gasteiger partial charge in [0.1, 0.15) is 11.5 Å². The number of hydrazine groups is 1. The Morgan fingerprint density at radius 3 is 2.23 bits per heavy atom. The molecule has 0 radical (unpaired) electrons. The van der Waals surface area contributed by atoms with E-state index in [2.05, 4.69) is 17.8 Å². The molecule has 136 valence electrons. The van der Waals surface area contributed by atoms with Gasteiger partial charge >= 0.3 is 0 Å². The first-order valence-electron chi connectivity index (χ1n) is 8.23. The Labute approximate surface area is 152 Å². The van der Waals surface area contributed by atoms with Crippen LogP contribution in [-0.2, 0) is 16.0 Å². The first-order valence-corrected chi connectivity index (χ1v) is 8.23. The van der Waals surface area contributed by atoms with Gasteiger partial charge in [0, 0.05) is 6.08 Å². The predicted octanol–water partition coefficient (Wildman–Crippen LogP) is 2.50. The van der Waals surface area contributed by atoms with Crippen LogP contribution in [0.5, 0.6) is 11.5 Å². The second-order valence-electron chi connectivity index (χ2n) is 5.43. The standard InChI is InChI=1S/C20H22N2O4/c1-3-15-4-11-18(12-5-15)26-14-20(24)22-21-19(23)13-8-16-6-9-17(25-2)10-7-16/h4-13H,3,14H2,1-2H3,(H,21,23)(H,22,24)/b13-8+. The highest BCUT2D eigenvalue weighted by Gasteiger charge is 2.04. The Morgan fingerprint density at radius 2 is 1.62 bits per heavy atom. The highest BCUT2D eigenvalue weighted by molar-refractivity contribution is 5.93. The molecule has 0 aliphatic heterocycles. The third-order valence-electron chi connectivity index (χ3n) is 3.57. The van der Waals surface area contributed by atoms with Crippen molar-refractivity contribution in [2.24, 2.45) is 0 Å². The van der Waals surface area contributed by atoms with Gasteiger partial charge in [0.05, 0.1) is 7.11 Å². The van der Waals surface area contributed by atoms with Gasteiger partial charge in [0.2, 0.25) is 0 Å². The van der Waals surface area contributed by atoms with E-state index in [-0.39, 0.29) is 6.61 Å². The summed E-state index contributed by atoms with van der Waals surface area (Å²) in [6, 6.07) is 14.7. The maximum atomic E-state index is 11.7. The first-order chi connectivity index (χ1) is 12.6. The van der Waals surface area contributed by atoms with Crippen LogP contribution < -0.4 is 20.3 Å². The first kappa shape index (κ1) is 19.1. The second-order valence-corrected chi connectivity index (χ2v) is 5.43. The number of rotatable bonds is 7. The van der Waals surface area contributed by atoms with Crippen LogP contribution in [0.4, 0.5) is 0 Å². The summed E-state index contributed by atoms with van der Waals surface area (Å²) in [4.78, 5) is 23.4. The maximum Gasteiger partial charge on any atom is 0.276 e. The molecule has 0 fully saturated rings. The van der Waals surface area contributed by atoms with Crippen molar-refractivity contribution in [1.29, 1.82) is 0 Å². The topological polar surface area (TPSA) is 76.7 Å². The minimum Gasteiger partial charge on any atom is -0.497 e. The van der Waals surface area contributed by atoms with E-state index >= 15 is 0 Å². The fraction of sp³-hybridized carbons (Fsp3) is 0.200. The van der Waals surface area contributed by atoms with Crippen LogP contribution in [0.3, 0.4) is 0 Å². The summed E-state index contributed by atoms with van der Waals surface area (Å²) < 4.78 is 10.4. The summed E-state index contributed by atoms with van der Waals surface area (Å²) >= 11 is 0. The number of aryl methyl sites for hydroxylation is 1. The number of methoxy groups -OCH3 is 1. The Bertz CT molecular complexity index is 752. The summed E-state index contributed by atoms with van der Waals surface area (Å²) in [6.45, 7) is 1.88. The van der Waals surface area contributed by atoms with Gasteiger partial charge in [-0.1, -0.05) is 31.2 Å². The van der Waals surface area contributed by atoms with Gasteiger partial charge in [-0.15, -0.1) is 0 Å². The lowest BCUT2D eigenvalue weighted by Gasteiger charge is -2.08. The van der Waals surface area contributed by atoms with Gasteiger partial charge in [-0.2, -0.15) is 0 Å². The molecule has 0 atom stereocenters. The normalized spacial score (nSPS) is 10.4. The largest absolute Gasteiger partial charge is 0.497 e. The third-order valence-corrected chi connectivity index (χ3v) is 3.57. The van der Waals surface area contributed by atoms with E-state index in [1.807, 2.05) is 36.4 Å². The van der Waals surface area contributed by atoms with Crippen molar-refractivity contribution in [2.75, 3.05) is 13.7 Å². The van der Waals surface area contributed by atoms with Crippen LogP contribution in [0.1, 0.15) is 18.1 Å². The Balaban J connectivity index is 1.71. The molecule has 26 heavy (non-hydrogen) atoms. The monoisotopic (exact) mass is 354 g/mol. The van der Waals surface area contributed by atoms with Crippen LogP contribution in [0.25, 0.3) is 6.08 Å². The molecular weight excluding hydrogens is 332 g/mol. The van der Waals surface area contributed by atoms with E-state index in [1.54, 1.807) is 25.3 Å². The fourth-order valence-corrected chi connectivity index (χ4v) is 2.07. The zero-order chi connectivity index (χ0) is 18.8. The number of ether oxygens (including phenoxy) is 2. The number of hydrogen-bond acceptors (Lipinski definition) is 4. The molecule has 2 amide bonds. The van der Waals surface area contributed by atoms with Crippen molar-refractivity contribution in [3.05, 3.63) is 65.7 Å². The van der Waals surface area contributed by atoms with E-state index in [0.29, 0.717) is 5.75 Å². The van der Waals surface area contributed by atoms with Crippen molar-refractivity contribution >= 4 is 17.9 Å². The number of benzene rings is 2. The van der Waals surface area contributed by atoms with Gasteiger partial charge < -0.3 is 9.47 Å². The van der Waals surface area contributed by atoms with Gasteiger partial charge in [-0.05, 0) is 47.9 Å². The second kappa shape index (κ2) is 9.88. The molecular formula is C20H22N2O4.